The molecule has 1 heterocycles. The van der Waals surface area contributed by atoms with Crippen molar-refractivity contribution >= 4 is 17.7 Å². The average Bonchev–Trinajstić information content (AvgIpc) is 2.91. The zero-order valence-electron chi connectivity index (χ0n) is 15.6. The normalized spacial score (nSPS) is 21.4. The summed E-state index contributed by atoms with van der Waals surface area (Å²) in [5.41, 5.74) is 1.45. The second-order valence-electron chi connectivity index (χ2n) is 7.54. The first-order chi connectivity index (χ1) is 13.4. The Labute approximate surface area is 162 Å². The third-order valence-corrected chi connectivity index (χ3v) is 5.66. The standard InChI is InChI=1S/C22H21FN2O3/c1-22(17-8-4-5-9-18(17)23)20(27)25(21(28)24-22)13-19(26)16-11-10-14-6-2-3-7-15(14)12-16/h4-5,8-12H,2-3,6-7,13H2,1H3,(H,24,28). The van der Waals surface area contributed by atoms with E-state index in [1.165, 1.54) is 30.7 Å². The number of nitrogens with zero attached hydrogens (tertiary/aromatic N) is 1. The van der Waals surface area contributed by atoms with Gasteiger partial charge in [0.2, 0.25) is 0 Å². The molecular formula is C22H21FN2O3. The molecule has 1 fully saturated rings. The van der Waals surface area contributed by atoms with Gasteiger partial charge in [-0.15, -0.1) is 0 Å². The van der Waals surface area contributed by atoms with E-state index in [1.807, 2.05) is 12.1 Å². The highest BCUT2D eigenvalue weighted by Gasteiger charge is 2.50. The van der Waals surface area contributed by atoms with Crippen LogP contribution in [0.15, 0.2) is 42.5 Å². The molecule has 1 N–H and O–H groups in total. The number of rotatable bonds is 4. The Balaban J connectivity index is 1.57. The molecule has 2 aromatic carbocycles. The number of nitrogens with one attached hydrogen (secondary N) is 1. The first-order valence-corrected chi connectivity index (χ1v) is 9.44. The molecule has 0 bridgehead atoms. The Bertz CT molecular complexity index is 987. The summed E-state index contributed by atoms with van der Waals surface area (Å²) in [6.45, 7) is 1.09. The maximum absolute atomic E-state index is 14.2. The van der Waals surface area contributed by atoms with Gasteiger partial charge < -0.3 is 5.32 Å². The molecule has 3 amide bonds. The number of Topliss-reactive ketones (excluding diaryl/α,β-unsaturated/α-hetero) is 1. The van der Waals surface area contributed by atoms with E-state index in [0.717, 1.165) is 36.1 Å². The molecule has 4 rings (SSSR count). The fourth-order valence-corrected chi connectivity index (χ4v) is 4.03. The Morgan fingerprint density at radius 2 is 1.82 bits per heavy atom. The molecule has 5 nitrogen and oxygen atoms in total. The van der Waals surface area contributed by atoms with E-state index in [-0.39, 0.29) is 17.9 Å². The number of hydrogen-bond acceptors (Lipinski definition) is 3. The summed E-state index contributed by atoms with van der Waals surface area (Å²) in [6, 6.07) is 10.7. The van der Waals surface area contributed by atoms with Crippen molar-refractivity contribution in [3.8, 4) is 0 Å². The number of amides is 3. The molecule has 2 aliphatic rings. The molecule has 144 valence electrons. The van der Waals surface area contributed by atoms with Crippen molar-refractivity contribution in [1.82, 2.24) is 10.2 Å². The lowest BCUT2D eigenvalue weighted by Gasteiger charge is -2.22. The SMILES string of the molecule is CC1(c2ccccc2F)NC(=O)N(CC(=O)c2ccc3c(c2)CCCC3)C1=O. The number of aryl methyl sites for hydroxylation is 2. The summed E-state index contributed by atoms with van der Waals surface area (Å²) in [6.07, 6.45) is 4.19. The van der Waals surface area contributed by atoms with E-state index in [0.29, 0.717) is 5.56 Å². The Hall–Kier alpha value is -3.02. The zero-order chi connectivity index (χ0) is 19.9. The summed E-state index contributed by atoms with van der Waals surface area (Å²) in [5, 5.41) is 2.54. The van der Waals surface area contributed by atoms with Crippen LogP contribution in [-0.2, 0) is 23.2 Å². The highest BCUT2D eigenvalue weighted by Crippen LogP contribution is 2.31. The molecule has 1 unspecified atom stereocenters. The Kier molecular flexibility index (Phi) is 4.49. The first kappa shape index (κ1) is 18.3. The third-order valence-electron chi connectivity index (χ3n) is 5.66. The minimum atomic E-state index is -1.53. The van der Waals surface area contributed by atoms with Crippen LogP contribution in [0.1, 0.15) is 46.8 Å². The topological polar surface area (TPSA) is 66.5 Å². The molecule has 6 heteroatoms. The fraction of sp³-hybridized carbons (Fsp3) is 0.318. The van der Waals surface area contributed by atoms with Crippen LogP contribution >= 0.6 is 0 Å². The number of carbonyl (C=O) groups is 3. The van der Waals surface area contributed by atoms with Gasteiger partial charge in [0.25, 0.3) is 5.91 Å². The third kappa shape index (κ3) is 2.99. The van der Waals surface area contributed by atoms with Gasteiger partial charge in [-0.1, -0.05) is 30.3 Å². The highest BCUT2D eigenvalue weighted by atomic mass is 19.1. The number of carbonyl (C=O) groups excluding carboxylic acids is 3. The second kappa shape index (κ2) is 6.86. The number of halogens is 1. The fourth-order valence-electron chi connectivity index (χ4n) is 4.03. The molecule has 1 atom stereocenters. The van der Waals surface area contributed by atoms with Crippen LogP contribution in [0.3, 0.4) is 0 Å². The maximum atomic E-state index is 14.2. The lowest BCUT2D eigenvalue weighted by atomic mass is 9.89. The van der Waals surface area contributed by atoms with Gasteiger partial charge in [-0.05, 0) is 55.9 Å². The van der Waals surface area contributed by atoms with Gasteiger partial charge >= 0.3 is 6.03 Å². The number of imide groups is 1. The summed E-state index contributed by atoms with van der Waals surface area (Å²) < 4.78 is 14.2. The van der Waals surface area contributed by atoms with E-state index in [2.05, 4.69) is 5.32 Å². The van der Waals surface area contributed by atoms with Gasteiger partial charge in [0.15, 0.2) is 5.78 Å². The summed E-state index contributed by atoms with van der Waals surface area (Å²) in [4.78, 5) is 38.9. The van der Waals surface area contributed by atoms with Crippen LogP contribution < -0.4 is 5.32 Å². The van der Waals surface area contributed by atoms with E-state index >= 15 is 0 Å². The largest absolute Gasteiger partial charge is 0.325 e. The second-order valence-corrected chi connectivity index (χ2v) is 7.54. The molecule has 1 aliphatic heterocycles. The molecule has 0 spiro atoms. The van der Waals surface area contributed by atoms with Crippen molar-refractivity contribution in [2.24, 2.45) is 0 Å². The number of urea groups is 1. The Morgan fingerprint density at radius 1 is 1.11 bits per heavy atom. The smallest absolute Gasteiger partial charge is 0.319 e. The zero-order valence-corrected chi connectivity index (χ0v) is 15.6. The van der Waals surface area contributed by atoms with Gasteiger partial charge in [-0.25, -0.2) is 9.18 Å². The minimum absolute atomic E-state index is 0.0806. The van der Waals surface area contributed by atoms with E-state index in [4.69, 9.17) is 0 Å². The van der Waals surface area contributed by atoms with Crippen molar-refractivity contribution < 1.29 is 18.8 Å². The molecule has 0 saturated carbocycles. The number of fused-ring (bicyclic) bond motifs is 1. The van der Waals surface area contributed by atoms with Crippen molar-refractivity contribution in [2.75, 3.05) is 6.54 Å². The lowest BCUT2D eigenvalue weighted by Crippen LogP contribution is -2.42. The monoisotopic (exact) mass is 380 g/mol. The molecule has 1 aliphatic carbocycles. The minimum Gasteiger partial charge on any atom is -0.319 e. The molecule has 28 heavy (non-hydrogen) atoms. The summed E-state index contributed by atoms with van der Waals surface area (Å²) in [5.74, 6) is -1.52. The van der Waals surface area contributed by atoms with Crippen LogP contribution in [0.4, 0.5) is 9.18 Å². The van der Waals surface area contributed by atoms with Crippen molar-refractivity contribution in [3.63, 3.8) is 0 Å². The van der Waals surface area contributed by atoms with Gasteiger partial charge in [0.1, 0.15) is 11.4 Å². The van der Waals surface area contributed by atoms with Crippen LogP contribution in [0.2, 0.25) is 0 Å². The molecule has 0 aromatic heterocycles. The van der Waals surface area contributed by atoms with Gasteiger partial charge in [-0.3, -0.25) is 14.5 Å². The van der Waals surface area contributed by atoms with E-state index in [9.17, 15) is 18.8 Å². The van der Waals surface area contributed by atoms with Crippen molar-refractivity contribution in [2.45, 2.75) is 38.1 Å². The quantitative estimate of drug-likeness (QED) is 0.653. The van der Waals surface area contributed by atoms with Crippen molar-refractivity contribution in [1.29, 1.82) is 0 Å². The van der Waals surface area contributed by atoms with Gasteiger partial charge in [0.05, 0.1) is 6.54 Å². The average molecular weight is 380 g/mol. The predicted octanol–water partition coefficient (Wildman–Crippen LogP) is 3.35. The summed E-state index contributed by atoms with van der Waals surface area (Å²) in [7, 11) is 0. The highest BCUT2D eigenvalue weighted by molar-refractivity contribution is 6.11. The summed E-state index contributed by atoms with van der Waals surface area (Å²) >= 11 is 0. The lowest BCUT2D eigenvalue weighted by molar-refractivity contribution is -0.130. The molecule has 2 aromatic rings. The van der Waals surface area contributed by atoms with Crippen LogP contribution in [0, 0.1) is 5.82 Å². The Morgan fingerprint density at radius 3 is 2.57 bits per heavy atom. The number of hydrogen-bond donors (Lipinski definition) is 1. The molecule has 0 radical (unpaired) electrons. The van der Waals surface area contributed by atoms with Crippen LogP contribution in [-0.4, -0.2) is 29.2 Å². The van der Waals surface area contributed by atoms with Gasteiger partial charge in [-0.2, -0.15) is 0 Å². The van der Waals surface area contributed by atoms with E-state index < -0.39 is 23.3 Å². The van der Waals surface area contributed by atoms with Crippen molar-refractivity contribution in [3.05, 3.63) is 70.5 Å². The number of benzene rings is 2. The van der Waals surface area contributed by atoms with E-state index in [1.54, 1.807) is 12.1 Å². The van der Waals surface area contributed by atoms with Gasteiger partial charge in [0, 0.05) is 11.1 Å². The molecule has 1 saturated heterocycles. The predicted molar refractivity (Wildman–Crippen MR) is 101 cm³/mol. The van der Waals surface area contributed by atoms with Crippen LogP contribution in [0.5, 0.6) is 0 Å². The first-order valence-electron chi connectivity index (χ1n) is 9.44. The van der Waals surface area contributed by atoms with Crippen LogP contribution in [0.25, 0.3) is 0 Å². The maximum Gasteiger partial charge on any atom is 0.325 e. The number of ketones is 1. The molecular weight excluding hydrogens is 359 g/mol.